The van der Waals surface area contributed by atoms with Crippen molar-refractivity contribution < 1.29 is 21.9 Å². The molecule has 33 heavy (non-hydrogen) atoms. The molecule has 2 aromatic carbocycles. The van der Waals surface area contributed by atoms with Gasteiger partial charge in [0.1, 0.15) is 5.69 Å². The van der Waals surface area contributed by atoms with Crippen molar-refractivity contribution in [2.75, 3.05) is 12.8 Å². The van der Waals surface area contributed by atoms with Crippen LogP contribution in [-0.2, 0) is 5.00 Å². The molecule has 3 unspecified atom stereocenters. The fourth-order valence-corrected chi connectivity index (χ4v) is 5.60. The van der Waals surface area contributed by atoms with Crippen LogP contribution < -0.4 is 23.1 Å². The van der Waals surface area contributed by atoms with E-state index in [2.05, 4.69) is 33.3 Å². The molecule has 2 aliphatic rings. The molecule has 0 aliphatic carbocycles. The number of halogens is 2. The molecule has 4 rings (SSSR count). The Morgan fingerprint density at radius 3 is 2.73 bits per heavy atom. The maximum atomic E-state index is 11.6. The highest BCUT2D eigenvalue weighted by atomic mass is 35.5. The predicted molar refractivity (Wildman–Crippen MR) is 125 cm³/mol. The zero-order valence-corrected chi connectivity index (χ0v) is 20.9. The number of nitro benzene ring substituents is 1. The highest BCUT2D eigenvalue weighted by Gasteiger charge is 2.51. The minimum atomic E-state index is -1.35. The number of thioether (sulfide) groups is 1. The molecule has 2 aliphatic heterocycles. The number of hydrogen-bond acceptors (Lipinski definition) is 7. The molecular weight excluding hydrogens is 483 g/mol. The molecule has 11 heteroatoms. The molecular formula is C22H24Cl2N6O2S. The van der Waals surface area contributed by atoms with Crippen LogP contribution >= 0.6 is 23.4 Å². The number of alkyl halides is 1. The van der Waals surface area contributed by atoms with Crippen molar-refractivity contribution in [1.82, 2.24) is 15.8 Å². The van der Waals surface area contributed by atoms with Gasteiger partial charge in [0.05, 0.1) is 28.2 Å². The van der Waals surface area contributed by atoms with Gasteiger partial charge in [0.25, 0.3) is 11.5 Å². The first-order valence-electron chi connectivity index (χ1n) is 10.2. The van der Waals surface area contributed by atoms with Crippen molar-refractivity contribution in [1.29, 1.82) is 5.26 Å². The second-order valence-electron chi connectivity index (χ2n) is 7.85. The van der Waals surface area contributed by atoms with E-state index in [1.165, 1.54) is 23.9 Å². The second kappa shape index (κ2) is 9.49. The highest BCUT2D eigenvalue weighted by molar-refractivity contribution is 7.98. The summed E-state index contributed by atoms with van der Waals surface area (Å²) in [5.74, 6) is 0.923. The lowest BCUT2D eigenvalue weighted by Gasteiger charge is -2.32. The number of amidine groups is 1. The number of nitro groups is 1. The zero-order chi connectivity index (χ0) is 23.2. The second-order valence-corrected chi connectivity index (χ2v) is 9.29. The lowest BCUT2D eigenvalue weighted by atomic mass is 9.92. The Bertz CT molecular complexity index is 1180. The van der Waals surface area contributed by atoms with Crippen LogP contribution in [0.1, 0.15) is 37.5 Å². The summed E-state index contributed by atoms with van der Waals surface area (Å²) in [7, 11) is 0. The molecule has 8 nitrogen and oxygen atoms in total. The normalized spacial score (nSPS) is 24.1. The van der Waals surface area contributed by atoms with Gasteiger partial charge >= 0.3 is 0 Å². The van der Waals surface area contributed by atoms with Gasteiger partial charge in [-0.15, -0.1) is 16.8 Å². The quantitative estimate of drug-likeness (QED) is 0.158. The van der Waals surface area contributed by atoms with E-state index in [0.717, 1.165) is 23.0 Å². The van der Waals surface area contributed by atoms with Gasteiger partial charge < -0.3 is 12.4 Å². The summed E-state index contributed by atoms with van der Waals surface area (Å²) in [6.45, 7) is 6.83. The fourth-order valence-electron chi connectivity index (χ4n) is 4.64. The molecule has 0 fully saturated rings. The van der Waals surface area contributed by atoms with E-state index in [1.807, 2.05) is 38.3 Å². The molecule has 2 heterocycles. The lowest BCUT2D eigenvalue weighted by Crippen LogP contribution is -3.00. The van der Waals surface area contributed by atoms with Gasteiger partial charge in [-0.3, -0.25) is 15.4 Å². The maximum absolute atomic E-state index is 11.6. The number of likely N-dealkylation sites (N-methyl/N-ethyl adjacent to an activating group) is 1. The number of fused-ring (bicyclic) bond motifs is 3. The molecule has 0 amide bonds. The number of rotatable bonds is 4. The molecule has 0 spiro atoms. The molecule has 0 bridgehead atoms. The molecule has 174 valence electrons. The topological polar surface area (TPSA) is 97.2 Å². The van der Waals surface area contributed by atoms with Crippen LogP contribution in [0.25, 0.3) is 0 Å². The van der Waals surface area contributed by atoms with Crippen molar-refractivity contribution in [3.63, 3.8) is 0 Å². The zero-order valence-electron chi connectivity index (χ0n) is 18.6. The van der Waals surface area contributed by atoms with Crippen LogP contribution in [0.3, 0.4) is 0 Å². The number of nitrogens with zero attached hydrogens (tertiary/aromatic N) is 4. The van der Waals surface area contributed by atoms with E-state index < -0.39 is 9.92 Å². The fraction of sp³-hybridized carbons (Fsp3) is 0.364. The van der Waals surface area contributed by atoms with Crippen molar-refractivity contribution in [2.45, 2.75) is 42.9 Å². The summed E-state index contributed by atoms with van der Waals surface area (Å²) in [6.07, 6.45) is 1.76. The average Bonchev–Trinajstić information content (AvgIpc) is 3.08. The summed E-state index contributed by atoms with van der Waals surface area (Å²) >= 11 is 8.81. The lowest BCUT2D eigenvalue weighted by molar-refractivity contribution is -0.503. The van der Waals surface area contributed by atoms with Crippen molar-refractivity contribution >= 4 is 40.6 Å². The maximum Gasteiger partial charge on any atom is 0.270 e. The van der Waals surface area contributed by atoms with E-state index in [0.29, 0.717) is 16.7 Å². The van der Waals surface area contributed by atoms with E-state index in [9.17, 15) is 15.4 Å². The van der Waals surface area contributed by atoms with Gasteiger partial charge in [-0.25, -0.2) is 4.58 Å². The summed E-state index contributed by atoms with van der Waals surface area (Å²) < 4.78 is 2.15. The largest absolute Gasteiger partial charge is 1.00 e. The smallest absolute Gasteiger partial charge is 0.270 e. The van der Waals surface area contributed by atoms with Gasteiger partial charge in [-0.1, -0.05) is 17.7 Å². The van der Waals surface area contributed by atoms with Gasteiger partial charge in [0.15, 0.2) is 5.00 Å². The summed E-state index contributed by atoms with van der Waals surface area (Å²) in [6, 6.07) is 12.5. The van der Waals surface area contributed by atoms with Crippen LogP contribution in [0, 0.1) is 21.4 Å². The van der Waals surface area contributed by atoms with E-state index in [4.69, 9.17) is 11.6 Å². The first-order valence-corrected chi connectivity index (χ1v) is 11.9. The van der Waals surface area contributed by atoms with Crippen LogP contribution in [0.2, 0.25) is 0 Å². The van der Waals surface area contributed by atoms with Gasteiger partial charge in [0.2, 0.25) is 6.17 Å². The monoisotopic (exact) mass is 506 g/mol. The predicted octanol–water partition coefficient (Wildman–Crippen LogP) is 0.853. The Kier molecular flexibility index (Phi) is 7.27. The van der Waals surface area contributed by atoms with Gasteiger partial charge in [0, 0.05) is 30.5 Å². The van der Waals surface area contributed by atoms with E-state index in [1.54, 1.807) is 6.07 Å². The Morgan fingerprint density at radius 2 is 2.12 bits per heavy atom. The summed E-state index contributed by atoms with van der Waals surface area (Å²) in [5, 5.41) is 27.3. The molecule has 0 radical (unpaired) electrons. The van der Waals surface area contributed by atoms with E-state index in [-0.39, 0.29) is 30.3 Å². The number of hydrazine groups is 1. The first-order chi connectivity index (χ1) is 15.2. The Hall–Kier alpha value is -2.35. The highest BCUT2D eigenvalue weighted by Crippen LogP contribution is 2.46. The third-order valence-electron chi connectivity index (χ3n) is 5.97. The average molecular weight is 507 g/mol. The summed E-state index contributed by atoms with van der Waals surface area (Å²) in [4.78, 5) is 10.6. The number of nitrogens with one attached hydrogen (secondary N) is 2. The molecule has 3 atom stereocenters. The SMILES string of the molecule is CCN1NC(C)=[N+]2c3cccc(C#N)c3C(Cl)(c3cc(SC)cc([N+](=O)[O-])c3)NC(C)C12.[Cl-]. The Morgan fingerprint density at radius 1 is 1.39 bits per heavy atom. The minimum Gasteiger partial charge on any atom is -1.00 e. The molecule has 0 saturated heterocycles. The van der Waals surface area contributed by atoms with Crippen LogP contribution in [0.15, 0.2) is 41.3 Å². The number of non-ortho nitro benzene ring substituents is 1. The van der Waals surface area contributed by atoms with E-state index >= 15 is 0 Å². The molecule has 2 aromatic rings. The van der Waals surface area contributed by atoms with Gasteiger partial charge in [-0.05, 0) is 43.9 Å². The third-order valence-corrected chi connectivity index (χ3v) is 7.19. The number of benzene rings is 2. The van der Waals surface area contributed by atoms with Crippen LogP contribution in [0.4, 0.5) is 11.4 Å². The number of hydrogen-bond donors (Lipinski definition) is 2. The van der Waals surface area contributed by atoms with Crippen molar-refractivity contribution in [3.05, 3.63) is 63.2 Å². The third kappa shape index (κ3) is 4.07. The van der Waals surface area contributed by atoms with Crippen molar-refractivity contribution in [2.24, 2.45) is 0 Å². The summed E-state index contributed by atoms with van der Waals surface area (Å²) in [5.41, 5.74) is 5.69. The number of nitriles is 1. The molecule has 0 saturated carbocycles. The minimum absolute atomic E-state index is 0. The Labute approximate surface area is 208 Å². The van der Waals surface area contributed by atoms with Gasteiger partial charge in [-0.2, -0.15) is 10.7 Å². The molecule has 0 aromatic heterocycles. The van der Waals surface area contributed by atoms with Crippen molar-refractivity contribution in [3.8, 4) is 6.07 Å². The molecule has 2 N–H and O–H groups in total. The Balaban J connectivity index is 0.00000306. The first kappa shape index (κ1) is 25.3. The van der Waals surface area contributed by atoms with Crippen LogP contribution in [-0.4, -0.2) is 45.4 Å². The standard InChI is InChI=1S/C22H23ClN6O2S.ClH/c1-5-27-21-13(2)25-22(23,16-9-17(29(30)31)11-18(10-16)32-4)20-15(12-24)7-6-8-19(20)28(21)14(3)26-27;/h6-11,13,21,25H,5H2,1-4H3;1H. The van der Waals surface area contributed by atoms with Crippen LogP contribution in [0.5, 0.6) is 0 Å².